The predicted octanol–water partition coefficient (Wildman–Crippen LogP) is 1.81. The standard InChI is InChI=1S/C11H7ClFN3O2/c12-6-2-1-3-7(13)10(6)14-11(18)8-4-5-9(17)16-15-8/h1-5H,(H,14,18)(H,16,17). The molecule has 0 radical (unpaired) electrons. The van der Waals surface area contributed by atoms with Crippen LogP contribution in [0.3, 0.4) is 0 Å². The number of hydrogen-bond donors (Lipinski definition) is 2. The third-order valence-electron chi connectivity index (χ3n) is 2.11. The Kier molecular flexibility index (Phi) is 3.38. The smallest absolute Gasteiger partial charge is 0.276 e. The van der Waals surface area contributed by atoms with E-state index in [1.807, 2.05) is 0 Å². The molecule has 2 rings (SSSR count). The third kappa shape index (κ3) is 2.54. The maximum Gasteiger partial charge on any atom is 0.276 e. The minimum Gasteiger partial charge on any atom is -0.317 e. The summed E-state index contributed by atoms with van der Waals surface area (Å²) in [6.07, 6.45) is 0. The maximum atomic E-state index is 13.4. The van der Waals surface area contributed by atoms with Crippen LogP contribution in [0.1, 0.15) is 10.5 Å². The molecule has 7 heteroatoms. The Balaban J connectivity index is 2.27. The summed E-state index contributed by atoms with van der Waals surface area (Å²) in [4.78, 5) is 22.5. The lowest BCUT2D eigenvalue weighted by Crippen LogP contribution is -2.18. The zero-order valence-corrected chi connectivity index (χ0v) is 9.66. The van der Waals surface area contributed by atoms with E-state index in [0.717, 1.165) is 6.07 Å². The van der Waals surface area contributed by atoms with Crippen molar-refractivity contribution in [1.82, 2.24) is 10.2 Å². The number of nitrogens with one attached hydrogen (secondary N) is 2. The first-order valence-electron chi connectivity index (χ1n) is 4.89. The maximum absolute atomic E-state index is 13.4. The van der Waals surface area contributed by atoms with Gasteiger partial charge in [-0.05, 0) is 18.2 Å². The highest BCUT2D eigenvalue weighted by Gasteiger charge is 2.13. The number of nitrogens with zero attached hydrogens (tertiary/aromatic N) is 1. The van der Waals surface area contributed by atoms with Crippen LogP contribution in [0.2, 0.25) is 5.02 Å². The number of anilines is 1. The summed E-state index contributed by atoms with van der Waals surface area (Å²) in [6.45, 7) is 0. The van der Waals surface area contributed by atoms with Gasteiger partial charge < -0.3 is 5.32 Å². The highest BCUT2D eigenvalue weighted by atomic mass is 35.5. The molecule has 0 atom stereocenters. The number of H-pyrrole nitrogens is 1. The number of aromatic nitrogens is 2. The van der Waals surface area contributed by atoms with Gasteiger partial charge in [0.25, 0.3) is 11.5 Å². The number of rotatable bonds is 2. The second-order valence-electron chi connectivity index (χ2n) is 3.36. The minimum absolute atomic E-state index is 0.0473. The Morgan fingerprint density at radius 3 is 2.72 bits per heavy atom. The lowest BCUT2D eigenvalue weighted by molar-refractivity contribution is 0.102. The van der Waals surface area contributed by atoms with E-state index in [9.17, 15) is 14.0 Å². The Morgan fingerprint density at radius 1 is 1.33 bits per heavy atom. The molecule has 1 aromatic carbocycles. The molecular formula is C11H7ClFN3O2. The fourth-order valence-corrected chi connectivity index (χ4v) is 1.48. The molecular weight excluding hydrogens is 261 g/mol. The molecule has 5 nitrogen and oxygen atoms in total. The number of para-hydroxylation sites is 1. The van der Waals surface area contributed by atoms with Crippen LogP contribution in [-0.2, 0) is 0 Å². The summed E-state index contributed by atoms with van der Waals surface area (Å²) in [5, 5.41) is 7.98. The van der Waals surface area contributed by atoms with Gasteiger partial charge in [0.2, 0.25) is 0 Å². The second-order valence-corrected chi connectivity index (χ2v) is 3.76. The lowest BCUT2D eigenvalue weighted by Gasteiger charge is -2.07. The molecule has 18 heavy (non-hydrogen) atoms. The molecule has 0 saturated carbocycles. The fourth-order valence-electron chi connectivity index (χ4n) is 1.27. The number of halogens is 2. The highest BCUT2D eigenvalue weighted by Crippen LogP contribution is 2.24. The first-order chi connectivity index (χ1) is 8.58. The van der Waals surface area contributed by atoms with Crippen LogP contribution in [0.15, 0.2) is 35.1 Å². The molecule has 92 valence electrons. The van der Waals surface area contributed by atoms with Crippen molar-refractivity contribution in [3.8, 4) is 0 Å². The summed E-state index contributed by atoms with van der Waals surface area (Å²) < 4.78 is 13.4. The molecule has 1 amide bonds. The van der Waals surface area contributed by atoms with Gasteiger partial charge in [-0.2, -0.15) is 5.10 Å². The van der Waals surface area contributed by atoms with Gasteiger partial charge in [0.15, 0.2) is 0 Å². The molecule has 1 heterocycles. The average molecular weight is 268 g/mol. The molecule has 0 aliphatic rings. The van der Waals surface area contributed by atoms with E-state index in [1.165, 1.54) is 24.3 Å². The average Bonchev–Trinajstić information content (AvgIpc) is 2.34. The molecule has 0 bridgehead atoms. The minimum atomic E-state index is -0.668. The normalized spacial score (nSPS) is 10.1. The number of amides is 1. The van der Waals surface area contributed by atoms with Crippen LogP contribution in [0, 0.1) is 5.82 Å². The van der Waals surface area contributed by atoms with E-state index in [1.54, 1.807) is 0 Å². The van der Waals surface area contributed by atoms with Gasteiger partial charge in [0, 0.05) is 6.07 Å². The van der Waals surface area contributed by atoms with Gasteiger partial charge in [-0.25, -0.2) is 9.49 Å². The largest absolute Gasteiger partial charge is 0.317 e. The number of hydrogen-bond acceptors (Lipinski definition) is 3. The van der Waals surface area contributed by atoms with Crippen molar-refractivity contribution in [2.75, 3.05) is 5.32 Å². The van der Waals surface area contributed by atoms with Crippen molar-refractivity contribution >= 4 is 23.2 Å². The highest BCUT2D eigenvalue weighted by molar-refractivity contribution is 6.33. The second kappa shape index (κ2) is 4.97. The topological polar surface area (TPSA) is 74.8 Å². The van der Waals surface area contributed by atoms with Crippen molar-refractivity contribution in [2.24, 2.45) is 0 Å². The number of carbonyl (C=O) groups is 1. The first-order valence-corrected chi connectivity index (χ1v) is 5.27. The van der Waals surface area contributed by atoms with Crippen molar-refractivity contribution in [1.29, 1.82) is 0 Å². The summed E-state index contributed by atoms with van der Waals surface area (Å²) >= 11 is 5.75. The van der Waals surface area contributed by atoms with E-state index in [0.29, 0.717) is 0 Å². The molecule has 0 spiro atoms. The number of carbonyl (C=O) groups excluding carboxylic acids is 1. The van der Waals surface area contributed by atoms with Gasteiger partial charge in [0.1, 0.15) is 11.5 Å². The SMILES string of the molecule is O=C(Nc1c(F)cccc1Cl)c1ccc(=O)[nH]n1. The molecule has 0 unspecified atom stereocenters. The Labute approximate surface area is 106 Å². The van der Waals surface area contributed by atoms with Crippen LogP contribution in [0.5, 0.6) is 0 Å². The molecule has 1 aromatic heterocycles. The molecule has 2 N–H and O–H groups in total. The Hall–Kier alpha value is -2.21. The third-order valence-corrected chi connectivity index (χ3v) is 2.43. The zero-order chi connectivity index (χ0) is 13.1. The molecule has 0 saturated heterocycles. The number of benzene rings is 1. The van der Waals surface area contributed by atoms with Crippen LogP contribution in [0.4, 0.5) is 10.1 Å². The molecule has 0 aliphatic heterocycles. The number of aromatic amines is 1. The summed E-state index contributed by atoms with van der Waals surface area (Å²) in [7, 11) is 0. The van der Waals surface area contributed by atoms with E-state index in [2.05, 4.69) is 15.5 Å². The van der Waals surface area contributed by atoms with Gasteiger partial charge >= 0.3 is 0 Å². The zero-order valence-electron chi connectivity index (χ0n) is 8.91. The van der Waals surface area contributed by atoms with Crippen LogP contribution < -0.4 is 10.9 Å². The van der Waals surface area contributed by atoms with E-state index >= 15 is 0 Å². The van der Waals surface area contributed by atoms with E-state index in [4.69, 9.17) is 11.6 Å². The van der Waals surface area contributed by atoms with Crippen LogP contribution in [0.25, 0.3) is 0 Å². The Morgan fingerprint density at radius 2 is 2.11 bits per heavy atom. The fraction of sp³-hybridized carbons (Fsp3) is 0. The molecule has 0 aliphatic carbocycles. The van der Waals surface area contributed by atoms with Crippen molar-refractivity contribution in [2.45, 2.75) is 0 Å². The summed E-state index contributed by atoms with van der Waals surface area (Å²) in [6, 6.07) is 6.40. The molecule has 2 aromatic rings. The monoisotopic (exact) mass is 267 g/mol. The van der Waals surface area contributed by atoms with Crippen molar-refractivity contribution in [3.63, 3.8) is 0 Å². The summed E-state index contributed by atoms with van der Waals surface area (Å²) in [5.41, 5.74) is -0.610. The van der Waals surface area contributed by atoms with E-state index < -0.39 is 17.3 Å². The first kappa shape index (κ1) is 12.3. The van der Waals surface area contributed by atoms with Crippen molar-refractivity contribution in [3.05, 3.63) is 57.2 Å². The van der Waals surface area contributed by atoms with Gasteiger partial charge in [-0.3, -0.25) is 9.59 Å². The van der Waals surface area contributed by atoms with Gasteiger partial charge in [-0.15, -0.1) is 0 Å². The Bertz CT molecular complexity index is 616. The van der Waals surface area contributed by atoms with Crippen LogP contribution >= 0.6 is 11.6 Å². The lowest BCUT2D eigenvalue weighted by atomic mass is 10.3. The van der Waals surface area contributed by atoms with Crippen LogP contribution in [-0.4, -0.2) is 16.1 Å². The predicted molar refractivity (Wildman–Crippen MR) is 64.2 cm³/mol. The quantitative estimate of drug-likeness (QED) is 0.871. The van der Waals surface area contributed by atoms with Gasteiger partial charge in [-0.1, -0.05) is 17.7 Å². The van der Waals surface area contributed by atoms with Crippen molar-refractivity contribution < 1.29 is 9.18 Å². The molecule has 0 fully saturated rings. The van der Waals surface area contributed by atoms with Gasteiger partial charge in [0.05, 0.1) is 10.7 Å². The van der Waals surface area contributed by atoms with E-state index in [-0.39, 0.29) is 16.4 Å². The summed E-state index contributed by atoms with van der Waals surface area (Å²) in [5.74, 6) is -1.32.